The van der Waals surface area contributed by atoms with Crippen molar-refractivity contribution in [2.45, 2.75) is 30.8 Å². The highest BCUT2D eigenvalue weighted by atomic mass is 79.9. The Bertz CT molecular complexity index is 295. The molecule has 1 rings (SSSR count). The van der Waals surface area contributed by atoms with E-state index >= 15 is 0 Å². The van der Waals surface area contributed by atoms with Crippen molar-refractivity contribution in [2.75, 3.05) is 0 Å². The van der Waals surface area contributed by atoms with Crippen LogP contribution in [0.15, 0.2) is 6.20 Å². The highest BCUT2D eigenvalue weighted by Crippen LogP contribution is 2.32. The Balaban J connectivity index is 2.60. The summed E-state index contributed by atoms with van der Waals surface area (Å²) < 4.78 is 36.4. The molecule has 0 aliphatic carbocycles. The summed E-state index contributed by atoms with van der Waals surface area (Å²) in [5, 5.41) is -0.755. The van der Waals surface area contributed by atoms with Gasteiger partial charge >= 0.3 is 6.18 Å². The van der Waals surface area contributed by atoms with Crippen LogP contribution >= 0.6 is 27.3 Å². The minimum Gasteiger partial charge on any atom is -0.240 e. The molecule has 0 aliphatic heterocycles. The quantitative estimate of drug-likeness (QED) is 0.769. The fourth-order valence-corrected chi connectivity index (χ4v) is 1.92. The molecule has 1 heterocycles. The average molecular weight is 288 g/mol. The highest BCUT2D eigenvalue weighted by molar-refractivity contribution is 9.09. The van der Waals surface area contributed by atoms with Crippen molar-refractivity contribution in [3.8, 4) is 0 Å². The molecule has 0 bridgehead atoms. The molecule has 0 aliphatic rings. The van der Waals surface area contributed by atoms with Gasteiger partial charge in [-0.2, -0.15) is 13.2 Å². The summed E-state index contributed by atoms with van der Waals surface area (Å²) >= 11 is 4.07. The molecule has 1 aromatic heterocycles. The molecule has 1 nitrogen and oxygen atoms in total. The van der Waals surface area contributed by atoms with E-state index in [9.17, 15) is 13.2 Å². The predicted octanol–water partition coefficient (Wildman–Crippen LogP) is 3.88. The number of nitrogens with zero attached hydrogens (tertiary/aromatic N) is 1. The zero-order valence-electron chi connectivity index (χ0n) is 7.44. The van der Waals surface area contributed by atoms with E-state index in [-0.39, 0.29) is 0 Å². The molecule has 1 atom stereocenters. The maximum Gasteiger partial charge on any atom is 0.443 e. The number of aryl methyl sites for hydroxylation is 1. The first-order valence-electron chi connectivity index (χ1n) is 4.05. The van der Waals surface area contributed by atoms with Gasteiger partial charge in [0.1, 0.15) is 0 Å². The minimum atomic E-state index is -4.30. The molecule has 0 saturated heterocycles. The first-order chi connectivity index (χ1) is 6.39. The number of halogens is 4. The Morgan fingerprint density at radius 2 is 2.21 bits per heavy atom. The van der Waals surface area contributed by atoms with E-state index < -0.39 is 11.2 Å². The Morgan fingerprint density at radius 3 is 2.64 bits per heavy atom. The maximum absolute atomic E-state index is 12.1. The lowest BCUT2D eigenvalue weighted by Gasteiger charge is -2.00. The van der Waals surface area contributed by atoms with Gasteiger partial charge in [0.25, 0.3) is 0 Å². The Morgan fingerprint density at radius 1 is 1.57 bits per heavy atom. The largest absolute Gasteiger partial charge is 0.443 e. The van der Waals surface area contributed by atoms with Crippen LogP contribution in [0.3, 0.4) is 0 Å². The molecule has 0 saturated carbocycles. The van der Waals surface area contributed by atoms with Gasteiger partial charge in [-0.1, -0.05) is 22.9 Å². The van der Waals surface area contributed by atoms with E-state index in [1.54, 1.807) is 0 Å². The second-order valence-electron chi connectivity index (χ2n) is 2.95. The Hall–Kier alpha value is -0.100. The SMILES string of the molecule is CC(Br)CCc1cnc(C(F)(F)F)s1. The van der Waals surface area contributed by atoms with Crippen molar-refractivity contribution >= 4 is 27.3 Å². The topological polar surface area (TPSA) is 12.9 Å². The molecule has 14 heavy (non-hydrogen) atoms. The summed E-state index contributed by atoms with van der Waals surface area (Å²) in [7, 11) is 0. The van der Waals surface area contributed by atoms with Crippen LogP contribution < -0.4 is 0 Å². The second kappa shape index (κ2) is 4.61. The van der Waals surface area contributed by atoms with Crippen molar-refractivity contribution < 1.29 is 13.2 Å². The monoisotopic (exact) mass is 287 g/mol. The van der Waals surface area contributed by atoms with Crippen LogP contribution in [0.1, 0.15) is 23.2 Å². The van der Waals surface area contributed by atoms with Crippen LogP contribution in [0, 0.1) is 0 Å². The molecule has 0 amide bonds. The minimum absolute atomic E-state index is 0.318. The van der Waals surface area contributed by atoms with Crippen molar-refractivity contribution in [1.82, 2.24) is 4.98 Å². The van der Waals surface area contributed by atoms with E-state index in [0.29, 0.717) is 16.1 Å². The van der Waals surface area contributed by atoms with Gasteiger partial charge in [-0.25, -0.2) is 4.98 Å². The lowest BCUT2D eigenvalue weighted by atomic mass is 10.2. The first kappa shape index (κ1) is 12.0. The van der Waals surface area contributed by atoms with Crippen molar-refractivity contribution in [2.24, 2.45) is 0 Å². The van der Waals surface area contributed by atoms with Gasteiger partial charge in [-0.15, -0.1) is 11.3 Å². The second-order valence-corrected chi connectivity index (χ2v) is 5.63. The first-order valence-corrected chi connectivity index (χ1v) is 5.79. The Labute approximate surface area is 92.5 Å². The maximum atomic E-state index is 12.1. The van der Waals surface area contributed by atoms with E-state index in [2.05, 4.69) is 20.9 Å². The average Bonchev–Trinajstić information content (AvgIpc) is 2.47. The zero-order chi connectivity index (χ0) is 10.8. The standard InChI is InChI=1S/C8H9BrF3NS/c1-5(9)2-3-6-4-13-7(14-6)8(10,11)12/h4-5H,2-3H2,1H3. The fourth-order valence-electron chi connectivity index (χ4n) is 0.895. The van der Waals surface area contributed by atoms with Crippen LogP contribution in [-0.4, -0.2) is 9.81 Å². The summed E-state index contributed by atoms with van der Waals surface area (Å²) in [4.78, 5) is 4.35. The molecule has 80 valence electrons. The number of hydrogen-bond acceptors (Lipinski definition) is 2. The summed E-state index contributed by atoms with van der Waals surface area (Å²) in [6.45, 7) is 1.96. The zero-order valence-corrected chi connectivity index (χ0v) is 9.84. The smallest absolute Gasteiger partial charge is 0.240 e. The predicted molar refractivity (Wildman–Crippen MR) is 53.8 cm³/mol. The van der Waals surface area contributed by atoms with Gasteiger partial charge in [-0.05, 0) is 12.8 Å². The van der Waals surface area contributed by atoms with E-state index in [4.69, 9.17) is 0 Å². The molecule has 1 aromatic rings. The molecule has 0 spiro atoms. The highest BCUT2D eigenvalue weighted by Gasteiger charge is 2.34. The molecular weight excluding hydrogens is 279 g/mol. The summed E-state index contributed by atoms with van der Waals surface area (Å²) in [5.74, 6) is 0. The fraction of sp³-hybridized carbons (Fsp3) is 0.625. The third-order valence-corrected chi connectivity index (χ3v) is 3.14. The number of aromatic nitrogens is 1. The molecule has 6 heteroatoms. The van der Waals surface area contributed by atoms with Gasteiger partial charge in [0.15, 0.2) is 5.01 Å². The van der Waals surface area contributed by atoms with E-state index in [0.717, 1.165) is 17.8 Å². The van der Waals surface area contributed by atoms with Crippen LogP contribution in [0.4, 0.5) is 13.2 Å². The van der Waals surface area contributed by atoms with Gasteiger partial charge in [0.2, 0.25) is 0 Å². The lowest BCUT2D eigenvalue weighted by molar-refractivity contribution is -0.137. The summed E-state index contributed by atoms with van der Waals surface area (Å²) in [5.41, 5.74) is 0. The van der Waals surface area contributed by atoms with Crippen LogP contribution in [0.5, 0.6) is 0 Å². The molecule has 0 N–H and O–H groups in total. The van der Waals surface area contributed by atoms with Gasteiger partial charge < -0.3 is 0 Å². The molecule has 0 radical (unpaired) electrons. The van der Waals surface area contributed by atoms with Crippen molar-refractivity contribution in [3.05, 3.63) is 16.1 Å². The molecule has 0 aromatic carbocycles. The van der Waals surface area contributed by atoms with E-state index in [1.165, 1.54) is 6.20 Å². The lowest BCUT2D eigenvalue weighted by Crippen LogP contribution is -2.02. The van der Waals surface area contributed by atoms with Gasteiger partial charge in [0.05, 0.1) is 0 Å². The summed E-state index contributed by atoms with van der Waals surface area (Å²) in [6, 6.07) is 0. The normalized spacial score (nSPS) is 14.4. The van der Waals surface area contributed by atoms with Crippen LogP contribution in [0.2, 0.25) is 0 Å². The number of rotatable bonds is 3. The third kappa shape index (κ3) is 3.57. The van der Waals surface area contributed by atoms with Crippen LogP contribution in [-0.2, 0) is 12.6 Å². The summed E-state index contributed by atoms with van der Waals surface area (Å²) in [6.07, 6.45) is -1.54. The van der Waals surface area contributed by atoms with Crippen molar-refractivity contribution in [1.29, 1.82) is 0 Å². The van der Waals surface area contributed by atoms with Gasteiger partial charge in [0, 0.05) is 15.9 Å². The number of alkyl halides is 4. The van der Waals surface area contributed by atoms with E-state index in [1.807, 2.05) is 6.92 Å². The molecule has 1 unspecified atom stereocenters. The van der Waals surface area contributed by atoms with Crippen LogP contribution in [0.25, 0.3) is 0 Å². The third-order valence-electron chi connectivity index (χ3n) is 1.58. The van der Waals surface area contributed by atoms with Gasteiger partial charge in [-0.3, -0.25) is 0 Å². The number of hydrogen-bond donors (Lipinski definition) is 0. The molecular formula is C8H9BrF3NS. The number of thiazole rings is 1. The Kier molecular flexibility index (Phi) is 3.94. The van der Waals surface area contributed by atoms with Crippen molar-refractivity contribution in [3.63, 3.8) is 0 Å². The molecule has 0 fully saturated rings.